The molecule has 6 heteroatoms. The van der Waals surface area contributed by atoms with Crippen molar-refractivity contribution < 1.29 is 0 Å². The Balaban J connectivity index is 1.94. The first-order valence-electron chi connectivity index (χ1n) is 8.85. The Morgan fingerprint density at radius 1 is 1.12 bits per heavy atom. The molecule has 0 spiro atoms. The van der Waals surface area contributed by atoms with E-state index in [-0.39, 0.29) is 0 Å². The number of anilines is 2. The van der Waals surface area contributed by atoms with Crippen LogP contribution in [0.3, 0.4) is 0 Å². The summed E-state index contributed by atoms with van der Waals surface area (Å²) in [5.74, 6) is 2.20. The van der Waals surface area contributed by atoms with Gasteiger partial charge in [-0.15, -0.1) is 5.10 Å². The maximum Gasteiger partial charge on any atom is 0.182 e. The van der Waals surface area contributed by atoms with E-state index in [1.165, 1.54) is 5.56 Å². The lowest BCUT2D eigenvalue weighted by atomic mass is 10.0. The van der Waals surface area contributed by atoms with Crippen LogP contribution >= 0.6 is 0 Å². The molecule has 3 N–H and O–H groups in total. The number of rotatable bonds is 3. The molecule has 0 saturated carbocycles. The van der Waals surface area contributed by atoms with Gasteiger partial charge in [0.2, 0.25) is 0 Å². The molecule has 25 heavy (non-hydrogen) atoms. The van der Waals surface area contributed by atoms with Gasteiger partial charge < -0.3 is 16.0 Å². The molecule has 1 fully saturated rings. The first kappa shape index (κ1) is 15.9. The lowest BCUT2D eigenvalue weighted by Gasteiger charge is -2.32. The molecule has 1 saturated heterocycles. The second-order valence-corrected chi connectivity index (χ2v) is 6.81. The third-order valence-corrected chi connectivity index (χ3v) is 4.71. The van der Waals surface area contributed by atoms with Crippen molar-refractivity contribution in [1.82, 2.24) is 19.9 Å². The van der Waals surface area contributed by atoms with E-state index in [4.69, 9.17) is 15.8 Å². The first-order chi connectivity index (χ1) is 12.1. The highest BCUT2D eigenvalue weighted by atomic mass is 15.4. The first-order valence-corrected chi connectivity index (χ1v) is 8.85. The van der Waals surface area contributed by atoms with Gasteiger partial charge in [-0.2, -0.15) is 4.52 Å². The molecule has 0 radical (unpaired) electrons. The number of aromatic nitrogens is 3. The molecule has 0 atom stereocenters. The van der Waals surface area contributed by atoms with Crippen molar-refractivity contribution in [3.05, 3.63) is 42.0 Å². The second-order valence-electron chi connectivity index (χ2n) is 6.81. The molecule has 1 aliphatic rings. The van der Waals surface area contributed by atoms with Crippen LogP contribution in [-0.2, 0) is 0 Å². The van der Waals surface area contributed by atoms with Gasteiger partial charge in [0.05, 0.1) is 5.69 Å². The Hall–Kier alpha value is -2.60. The minimum Gasteiger partial charge on any atom is -0.396 e. The van der Waals surface area contributed by atoms with E-state index < -0.39 is 0 Å². The molecule has 0 amide bonds. The van der Waals surface area contributed by atoms with Gasteiger partial charge in [0.15, 0.2) is 11.5 Å². The molecule has 6 nitrogen and oxygen atoms in total. The van der Waals surface area contributed by atoms with Gasteiger partial charge in [0.25, 0.3) is 0 Å². The van der Waals surface area contributed by atoms with Gasteiger partial charge >= 0.3 is 0 Å². The summed E-state index contributed by atoms with van der Waals surface area (Å²) in [5.41, 5.74) is 9.96. The van der Waals surface area contributed by atoms with E-state index in [2.05, 4.69) is 30.1 Å². The minimum absolute atomic E-state index is 0.362. The predicted molar refractivity (Wildman–Crippen MR) is 102 cm³/mol. The van der Waals surface area contributed by atoms with E-state index in [9.17, 15) is 0 Å². The molecular weight excluding hydrogens is 312 g/mol. The zero-order chi connectivity index (χ0) is 17.4. The number of nitrogens with one attached hydrogen (secondary N) is 1. The summed E-state index contributed by atoms with van der Waals surface area (Å²) in [4.78, 5) is 7.11. The number of nitrogen functional groups attached to an aromatic ring is 1. The van der Waals surface area contributed by atoms with E-state index in [1.807, 2.05) is 34.8 Å². The van der Waals surface area contributed by atoms with E-state index >= 15 is 0 Å². The van der Waals surface area contributed by atoms with Crippen LogP contribution in [0.1, 0.15) is 25.3 Å². The number of hydrogen-bond donors (Lipinski definition) is 2. The van der Waals surface area contributed by atoms with Gasteiger partial charge in [-0.3, -0.25) is 0 Å². The zero-order valence-corrected chi connectivity index (χ0v) is 14.7. The van der Waals surface area contributed by atoms with Crippen LogP contribution < -0.4 is 16.0 Å². The molecule has 3 heterocycles. The monoisotopic (exact) mass is 336 g/mol. The summed E-state index contributed by atoms with van der Waals surface area (Å²) in [6, 6.07) is 12.1. The quantitative estimate of drug-likeness (QED) is 0.769. The Labute approximate surface area is 147 Å². The van der Waals surface area contributed by atoms with Crippen molar-refractivity contribution in [3.8, 4) is 11.4 Å². The third kappa shape index (κ3) is 2.82. The lowest BCUT2D eigenvalue weighted by Crippen LogP contribution is -2.44. The van der Waals surface area contributed by atoms with Gasteiger partial charge in [-0.25, -0.2) is 4.98 Å². The normalized spacial score (nSPS) is 15.2. The molecule has 3 aromatic rings. The molecule has 4 rings (SSSR count). The summed E-state index contributed by atoms with van der Waals surface area (Å²) in [6.07, 6.45) is 0. The average molecular weight is 336 g/mol. The SMILES string of the molecule is CC(C)c1cc(N)c2nc(-c3ccccc3)nn2c1N1CCNCC1. The molecule has 1 aliphatic heterocycles. The van der Waals surface area contributed by atoms with Gasteiger partial charge in [-0.05, 0) is 17.5 Å². The summed E-state index contributed by atoms with van der Waals surface area (Å²) < 4.78 is 1.94. The highest BCUT2D eigenvalue weighted by Crippen LogP contribution is 2.33. The van der Waals surface area contributed by atoms with Crippen LogP contribution in [-0.4, -0.2) is 40.8 Å². The maximum absolute atomic E-state index is 6.33. The molecule has 0 bridgehead atoms. The van der Waals surface area contributed by atoms with Crippen molar-refractivity contribution in [3.63, 3.8) is 0 Å². The van der Waals surface area contributed by atoms with Gasteiger partial charge in [0.1, 0.15) is 5.82 Å². The highest BCUT2D eigenvalue weighted by molar-refractivity contribution is 5.74. The van der Waals surface area contributed by atoms with E-state index in [1.54, 1.807) is 0 Å². The second kappa shape index (κ2) is 6.37. The number of nitrogens with zero attached hydrogens (tertiary/aromatic N) is 4. The Morgan fingerprint density at radius 3 is 2.52 bits per heavy atom. The van der Waals surface area contributed by atoms with Crippen LogP contribution in [0.25, 0.3) is 17.0 Å². The van der Waals surface area contributed by atoms with Crippen LogP contribution in [0.2, 0.25) is 0 Å². The fourth-order valence-electron chi connectivity index (χ4n) is 3.39. The number of hydrogen-bond acceptors (Lipinski definition) is 5. The molecule has 0 unspecified atom stereocenters. The Morgan fingerprint density at radius 2 is 1.84 bits per heavy atom. The summed E-state index contributed by atoms with van der Waals surface area (Å²) in [6.45, 7) is 8.26. The van der Waals surface area contributed by atoms with Crippen molar-refractivity contribution >= 4 is 17.2 Å². The zero-order valence-electron chi connectivity index (χ0n) is 14.7. The van der Waals surface area contributed by atoms with Crippen LogP contribution in [0.15, 0.2) is 36.4 Å². The highest BCUT2D eigenvalue weighted by Gasteiger charge is 2.23. The van der Waals surface area contributed by atoms with Crippen molar-refractivity contribution in [2.75, 3.05) is 36.8 Å². The number of fused-ring (bicyclic) bond motifs is 1. The Kier molecular flexibility index (Phi) is 4.05. The third-order valence-electron chi connectivity index (χ3n) is 4.71. The van der Waals surface area contributed by atoms with Gasteiger partial charge in [0, 0.05) is 31.7 Å². The Bertz CT molecular complexity index is 878. The number of benzene rings is 1. The average Bonchev–Trinajstić information content (AvgIpc) is 3.09. The van der Waals surface area contributed by atoms with Crippen LogP contribution in [0.4, 0.5) is 11.5 Å². The molecule has 2 aromatic heterocycles. The largest absolute Gasteiger partial charge is 0.396 e. The van der Waals surface area contributed by atoms with Crippen LogP contribution in [0, 0.1) is 0 Å². The van der Waals surface area contributed by atoms with E-state index in [0.29, 0.717) is 17.4 Å². The standard InChI is InChI=1S/C19H24N6/c1-13(2)15-12-16(20)18-22-17(14-6-4-3-5-7-14)23-25(18)19(15)24-10-8-21-9-11-24/h3-7,12-13,21H,8-11,20H2,1-2H3. The number of pyridine rings is 1. The molecule has 0 aliphatic carbocycles. The maximum atomic E-state index is 6.33. The lowest BCUT2D eigenvalue weighted by molar-refractivity contribution is 0.577. The number of nitrogens with two attached hydrogens (primary N) is 1. The van der Waals surface area contributed by atoms with Crippen molar-refractivity contribution in [2.24, 2.45) is 0 Å². The molecule has 130 valence electrons. The van der Waals surface area contributed by atoms with E-state index in [0.717, 1.165) is 43.2 Å². The summed E-state index contributed by atoms with van der Waals surface area (Å²) in [7, 11) is 0. The van der Waals surface area contributed by atoms with Crippen molar-refractivity contribution in [1.29, 1.82) is 0 Å². The fourth-order valence-corrected chi connectivity index (χ4v) is 3.39. The smallest absolute Gasteiger partial charge is 0.182 e. The summed E-state index contributed by atoms with van der Waals surface area (Å²) in [5, 5.41) is 8.24. The number of piperazine rings is 1. The molecule has 1 aromatic carbocycles. The fraction of sp³-hybridized carbons (Fsp3) is 0.368. The van der Waals surface area contributed by atoms with Crippen LogP contribution in [0.5, 0.6) is 0 Å². The minimum atomic E-state index is 0.362. The topological polar surface area (TPSA) is 71.5 Å². The predicted octanol–water partition coefficient (Wildman–Crippen LogP) is 2.51. The molecular formula is C19H24N6. The summed E-state index contributed by atoms with van der Waals surface area (Å²) >= 11 is 0. The van der Waals surface area contributed by atoms with Gasteiger partial charge in [-0.1, -0.05) is 44.2 Å². The van der Waals surface area contributed by atoms with Crippen molar-refractivity contribution in [2.45, 2.75) is 19.8 Å².